The van der Waals surface area contributed by atoms with E-state index in [4.69, 9.17) is 11.6 Å². The van der Waals surface area contributed by atoms with E-state index in [2.05, 4.69) is 5.32 Å². The fraction of sp³-hybridized carbons (Fsp3) is 0.0909. The Balaban J connectivity index is 1.94. The number of nitriles is 1. The molecule has 0 unspecified atom stereocenters. The third-order valence-corrected chi connectivity index (χ3v) is 4.67. The van der Waals surface area contributed by atoms with Crippen LogP contribution in [0.25, 0.3) is 11.8 Å². The van der Waals surface area contributed by atoms with Crippen molar-refractivity contribution in [3.8, 4) is 11.8 Å². The lowest BCUT2D eigenvalue weighted by Gasteiger charge is -2.09. The number of para-hydroxylation sites is 1. The van der Waals surface area contributed by atoms with E-state index in [0.717, 1.165) is 22.6 Å². The molecule has 1 N–H and O–H groups in total. The molecule has 1 amide bonds. The van der Waals surface area contributed by atoms with Crippen molar-refractivity contribution in [3.05, 3.63) is 88.0 Å². The van der Waals surface area contributed by atoms with E-state index in [0.29, 0.717) is 10.7 Å². The van der Waals surface area contributed by atoms with Gasteiger partial charge in [-0.3, -0.25) is 4.79 Å². The van der Waals surface area contributed by atoms with Crippen LogP contribution in [0.1, 0.15) is 17.0 Å². The summed E-state index contributed by atoms with van der Waals surface area (Å²) in [5.74, 6) is -0.850. The third-order valence-electron chi connectivity index (χ3n) is 4.34. The average molecular weight is 394 g/mol. The first-order valence-electron chi connectivity index (χ1n) is 8.53. The first-order chi connectivity index (χ1) is 13.4. The molecule has 0 aliphatic rings. The van der Waals surface area contributed by atoms with Gasteiger partial charge in [0.2, 0.25) is 0 Å². The average Bonchev–Trinajstić information content (AvgIpc) is 2.95. The molecule has 0 radical (unpaired) electrons. The number of anilines is 1. The summed E-state index contributed by atoms with van der Waals surface area (Å²) in [4.78, 5) is 12.5. The van der Waals surface area contributed by atoms with Crippen molar-refractivity contribution in [1.29, 1.82) is 5.26 Å². The molecule has 0 atom stereocenters. The highest BCUT2D eigenvalue weighted by Gasteiger charge is 2.15. The van der Waals surface area contributed by atoms with Gasteiger partial charge in [-0.05, 0) is 68.0 Å². The zero-order valence-electron chi connectivity index (χ0n) is 15.3. The Labute approximate surface area is 167 Å². The van der Waals surface area contributed by atoms with E-state index in [1.54, 1.807) is 36.4 Å². The number of aromatic nitrogens is 1. The van der Waals surface area contributed by atoms with Gasteiger partial charge in [0.05, 0.1) is 10.7 Å². The first-order valence-corrected chi connectivity index (χ1v) is 8.91. The summed E-state index contributed by atoms with van der Waals surface area (Å²) in [6, 6.07) is 16.8. The van der Waals surface area contributed by atoms with Crippen LogP contribution < -0.4 is 5.32 Å². The van der Waals surface area contributed by atoms with Gasteiger partial charge in [0.1, 0.15) is 17.5 Å². The maximum absolute atomic E-state index is 13.2. The normalized spacial score (nSPS) is 11.2. The summed E-state index contributed by atoms with van der Waals surface area (Å²) in [5, 5.41) is 12.5. The number of halogens is 2. The van der Waals surface area contributed by atoms with Crippen molar-refractivity contribution in [3.63, 3.8) is 0 Å². The SMILES string of the molecule is Cc1cc(/C=C(/C#N)C(=O)Nc2ccccc2Cl)c(C)n1-c1ccc(F)cc1. The van der Waals surface area contributed by atoms with Crippen molar-refractivity contribution in [1.82, 2.24) is 4.57 Å². The molecule has 3 aromatic rings. The molecular formula is C22H17ClFN3O. The maximum atomic E-state index is 13.2. The van der Waals surface area contributed by atoms with Crippen LogP contribution in [0.4, 0.5) is 10.1 Å². The smallest absolute Gasteiger partial charge is 0.266 e. The number of amides is 1. The number of carbonyl (C=O) groups excluding carboxylic acids is 1. The zero-order chi connectivity index (χ0) is 20.3. The van der Waals surface area contributed by atoms with Gasteiger partial charge in [0.25, 0.3) is 5.91 Å². The summed E-state index contributed by atoms with van der Waals surface area (Å²) in [5.41, 5.74) is 3.66. The fourth-order valence-electron chi connectivity index (χ4n) is 2.98. The Morgan fingerprint density at radius 1 is 1.18 bits per heavy atom. The van der Waals surface area contributed by atoms with Gasteiger partial charge >= 0.3 is 0 Å². The minimum atomic E-state index is -0.540. The second kappa shape index (κ2) is 8.12. The summed E-state index contributed by atoms with van der Waals surface area (Å²) < 4.78 is 15.2. The van der Waals surface area contributed by atoms with Crippen LogP contribution in [0, 0.1) is 31.0 Å². The molecule has 1 aromatic heterocycles. The number of nitrogens with zero attached hydrogens (tertiary/aromatic N) is 2. The molecule has 0 saturated heterocycles. The molecule has 140 valence electrons. The molecule has 0 aliphatic carbocycles. The fourth-order valence-corrected chi connectivity index (χ4v) is 3.16. The lowest BCUT2D eigenvalue weighted by atomic mass is 10.1. The number of nitrogens with one attached hydrogen (secondary N) is 1. The number of carbonyl (C=O) groups is 1. The standard InChI is InChI=1S/C22H17ClFN3O/c1-14-11-16(15(2)27(14)19-9-7-18(24)8-10-19)12-17(13-25)22(28)26-21-6-4-3-5-20(21)23/h3-12H,1-2H3,(H,26,28)/b17-12-. The highest BCUT2D eigenvalue weighted by molar-refractivity contribution is 6.34. The van der Waals surface area contributed by atoms with Crippen molar-refractivity contribution in [2.75, 3.05) is 5.32 Å². The quantitative estimate of drug-likeness (QED) is 0.474. The second-order valence-electron chi connectivity index (χ2n) is 6.24. The van der Waals surface area contributed by atoms with Gasteiger partial charge in [-0.2, -0.15) is 5.26 Å². The molecule has 1 heterocycles. The molecule has 28 heavy (non-hydrogen) atoms. The van der Waals surface area contributed by atoms with E-state index >= 15 is 0 Å². The van der Waals surface area contributed by atoms with E-state index in [1.165, 1.54) is 18.2 Å². The van der Waals surface area contributed by atoms with E-state index in [1.807, 2.05) is 30.6 Å². The van der Waals surface area contributed by atoms with Crippen LogP contribution in [0.5, 0.6) is 0 Å². The highest BCUT2D eigenvalue weighted by Crippen LogP contribution is 2.24. The van der Waals surface area contributed by atoms with Gasteiger partial charge in [0.15, 0.2) is 0 Å². The Bertz CT molecular complexity index is 1110. The molecule has 2 aromatic carbocycles. The topological polar surface area (TPSA) is 57.8 Å². The minimum Gasteiger partial charge on any atom is -0.320 e. The Kier molecular flexibility index (Phi) is 5.62. The van der Waals surface area contributed by atoms with Crippen LogP contribution in [-0.4, -0.2) is 10.5 Å². The lowest BCUT2D eigenvalue weighted by molar-refractivity contribution is -0.112. The number of aryl methyl sites for hydroxylation is 1. The molecule has 0 saturated carbocycles. The Hall–Kier alpha value is -3.36. The number of rotatable bonds is 4. The predicted octanol–water partition coefficient (Wildman–Crippen LogP) is 5.43. The Morgan fingerprint density at radius 2 is 1.86 bits per heavy atom. The van der Waals surface area contributed by atoms with Gasteiger partial charge < -0.3 is 9.88 Å². The zero-order valence-corrected chi connectivity index (χ0v) is 16.1. The third kappa shape index (κ3) is 3.98. The van der Waals surface area contributed by atoms with Gasteiger partial charge in [-0.15, -0.1) is 0 Å². The van der Waals surface area contributed by atoms with Gasteiger partial charge in [0, 0.05) is 17.1 Å². The van der Waals surface area contributed by atoms with Gasteiger partial charge in [-0.1, -0.05) is 23.7 Å². The molecule has 3 rings (SSSR count). The van der Waals surface area contributed by atoms with Crippen molar-refractivity contribution in [2.24, 2.45) is 0 Å². The largest absolute Gasteiger partial charge is 0.320 e. The van der Waals surface area contributed by atoms with Crippen molar-refractivity contribution >= 4 is 29.3 Å². The summed E-state index contributed by atoms with van der Waals surface area (Å²) in [7, 11) is 0. The summed E-state index contributed by atoms with van der Waals surface area (Å²) in [6.45, 7) is 3.78. The minimum absolute atomic E-state index is 0.0423. The monoisotopic (exact) mass is 393 g/mol. The summed E-state index contributed by atoms with van der Waals surface area (Å²) >= 11 is 6.06. The molecule has 6 heteroatoms. The molecule has 4 nitrogen and oxygen atoms in total. The number of hydrogen-bond donors (Lipinski definition) is 1. The van der Waals surface area contributed by atoms with Crippen LogP contribution in [-0.2, 0) is 4.79 Å². The first kappa shape index (κ1) is 19.4. The number of hydrogen-bond acceptors (Lipinski definition) is 2. The molecule has 0 bridgehead atoms. The molecule has 0 fully saturated rings. The van der Waals surface area contributed by atoms with Crippen LogP contribution in [0.2, 0.25) is 5.02 Å². The van der Waals surface area contributed by atoms with Crippen LogP contribution in [0.15, 0.2) is 60.2 Å². The van der Waals surface area contributed by atoms with E-state index in [9.17, 15) is 14.4 Å². The predicted molar refractivity (Wildman–Crippen MR) is 109 cm³/mol. The van der Waals surface area contributed by atoms with Crippen LogP contribution >= 0.6 is 11.6 Å². The second-order valence-corrected chi connectivity index (χ2v) is 6.65. The lowest BCUT2D eigenvalue weighted by Crippen LogP contribution is -2.13. The molecule has 0 aliphatic heterocycles. The number of benzene rings is 2. The maximum Gasteiger partial charge on any atom is 0.266 e. The highest BCUT2D eigenvalue weighted by atomic mass is 35.5. The van der Waals surface area contributed by atoms with Crippen molar-refractivity contribution < 1.29 is 9.18 Å². The van der Waals surface area contributed by atoms with Crippen LogP contribution in [0.3, 0.4) is 0 Å². The molecular weight excluding hydrogens is 377 g/mol. The molecule has 0 spiro atoms. The van der Waals surface area contributed by atoms with E-state index in [-0.39, 0.29) is 11.4 Å². The van der Waals surface area contributed by atoms with Crippen molar-refractivity contribution in [2.45, 2.75) is 13.8 Å². The van der Waals surface area contributed by atoms with Gasteiger partial charge in [-0.25, -0.2) is 4.39 Å². The van der Waals surface area contributed by atoms with E-state index < -0.39 is 5.91 Å². The summed E-state index contributed by atoms with van der Waals surface area (Å²) in [6.07, 6.45) is 1.54. The Morgan fingerprint density at radius 3 is 2.50 bits per heavy atom.